The van der Waals surface area contributed by atoms with E-state index in [-0.39, 0.29) is 37.3 Å². The van der Waals surface area contributed by atoms with Gasteiger partial charge in [-0.15, -0.1) is 0 Å². The molecule has 40 heavy (non-hydrogen) atoms. The third-order valence-corrected chi connectivity index (χ3v) is 5.79. The van der Waals surface area contributed by atoms with Crippen LogP contribution in [0.4, 0.5) is 0 Å². The van der Waals surface area contributed by atoms with E-state index in [1.807, 2.05) is 36.9 Å². The summed E-state index contributed by atoms with van der Waals surface area (Å²) in [6.45, 7) is 23.8. The molecule has 4 aromatic heterocycles. The summed E-state index contributed by atoms with van der Waals surface area (Å²) in [7, 11) is 0. The van der Waals surface area contributed by atoms with Crippen molar-refractivity contribution in [2.24, 2.45) is 10.8 Å². The first kappa shape index (κ1) is 33.5. The smallest absolute Gasteiger partial charge is 0.572 e. The average Bonchev–Trinajstić information content (AvgIpc) is 3.49. The van der Waals surface area contributed by atoms with Gasteiger partial charge in [-0.25, -0.2) is 19.9 Å². The summed E-state index contributed by atoms with van der Waals surface area (Å²) in [6, 6.07) is 3.93. The molecule has 0 saturated carbocycles. The van der Waals surface area contributed by atoms with Crippen LogP contribution in [0.25, 0.3) is 23.0 Å². The van der Waals surface area contributed by atoms with E-state index in [1.165, 1.54) is 0 Å². The van der Waals surface area contributed by atoms with Gasteiger partial charge < -0.3 is 20.4 Å². The summed E-state index contributed by atoms with van der Waals surface area (Å²) in [6.07, 6.45) is 9.48. The Hall–Kier alpha value is -2.73. The molecule has 4 heterocycles. The van der Waals surface area contributed by atoms with Crippen molar-refractivity contribution in [3.63, 3.8) is 0 Å². The van der Waals surface area contributed by atoms with E-state index < -0.39 is 0 Å². The fourth-order valence-electron chi connectivity index (χ4n) is 3.85. The second kappa shape index (κ2) is 13.3. The van der Waals surface area contributed by atoms with Gasteiger partial charge >= 0.3 is 21.1 Å². The Morgan fingerprint density at radius 1 is 0.625 bits per heavy atom. The predicted octanol–water partition coefficient (Wildman–Crippen LogP) is 6.59. The number of rotatable bonds is 5. The molecule has 0 aliphatic rings. The van der Waals surface area contributed by atoms with Crippen molar-refractivity contribution in [1.82, 2.24) is 40.3 Å². The van der Waals surface area contributed by atoms with Gasteiger partial charge in [0.15, 0.2) is 0 Å². The summed E-state index contributed by atoms with van der Waals surface area (Å²) >= 11 is 0. The van der Waals surface area contributed by atoms with Crippen LogP contribution < -0.4 is 10.2 Å². The molecule has 0 saturated heterocycles. The van der Waals surface area contributed by atoms with Gasteiger partial charge in [-0.3, -0.25) is 0 Å². The van der Waals surface area contributed by atoms with Crippen LogP contribution in [-0.4, -0.2) is 30.1 Å². The monoisotopic (exact) mass is 723 g/mol. The van der Waals surface area contributed by atoms with E-state index >= 15 is 0 Å². The quantitative estimate of drug-likeness (QED) is 0.227. The summed E-state index contributed by atoms with van der Waals surface area (Å²) in [5.41, 5.74) is 6.24. The van der Waals surface area contributed by atoms with Crippen LogP contribution in [0.2, 0.25) is 0 Å². The van der Waals surface area contributed by atoms with Crippen LogP contribution in [0.3, 0.4) is 0 Å². The van der Waals surface area contributed by atoms with Gasteiger partial charge in [-0.2, -0.15) is 0 Å². The Balaban J connectivity index is 0.000000274. The molecular weight excluding hydrogens is 679 g/mol. The van der Waals surface area contributed by atoms with E-state index in [1.54, 1.807) is 0 Å². The zero-order valence-corrected chi connectivity index (χ0v) is 28.1. The first-order valence-electron chi connectivity index (χ1n) is 13.6. The number of hydrogen-bond acceptors (Lipinski definition) is 6. The van der Waals surface area contributed by atoms with Crippen molar-refractivity contribution < 1.29 is 21.1 Å². The van der Waals surface area contributed by atoms with Crippen LogP contribution in [0, 0.1) is 10.8 Å². The van der Waals surface area contributed by atoms with Gasteiger partial charge in [-0.05, 0) is 40.7 Å². The molecule has 0 amide bonds. The minimum Gasteiger partial charge on any atom is -0.572 e. The van der Waals surface area contributed by atoms with Crippen molar-refractivity contribution in [3.8, 4) is 23.0 Å². The molecule has 0 bridgehead atoms. The number of hydrogen-bond donors (Lipinski definition) is 0. The molecule has 0 aliphatic heterocycles. The minimum atomic E-state index is -0.00255. The molecule has 0 aromatic carbocycles. The molecule has 0 N–H and O–H groups in total. The Morgan fingerprint density at radius 3 is 1.35 bits per heavy atom. The average molecular weight is 724 g/mol. The zero-order valence-electron chi connectivity index (χ0n) is 25.8. The van der Waals surface area contributed by atoms with Crippen molar-refractivity contribution in [2.45, 2.75) is 100 Å². The van der Waals surface area contributed by atoms with Crippen LogP contribution in [0.5, 0.6) is 0 Å². The Morgan fingerprint density at radius 2 is 1.02 bits per heavy atom. The fourth-order valence-corrected chi connectivity index (χ4v) is 3.85. The zero-order chi connectivity index (χ0) is 29.0. The molecule has 0 spiro atoms. The number of nitrogens with zero attached hydrogens (tertiary/aromatic N) is 8. The second-order valence-electron chi connectivity index (χ2n) is 14.0. The molecule has 218 valence electrons. The van der Waals surface area contributed by atoms with Gasteiger partial charge in [-0.1, -0.05) is 99.7 Å². The van der Waals surface area contributed by atoms with E-state index in [0.29, 0.717) is 17.6 Å². The van der Waals surface area contributed by atoms with E-state index in [9.17, 15) is 0 Å². The third kappa shape index (κ3) is 10.3. The van der Waals surface area contributed by atoms with E-state index in [0.717, 1.165) is 46.7 Å². The molecule has 0 fully saturated rings. The van der Waals surface area contributed by atoms with Gasteiger partial charge in [0.25, 0.3) is 0 Å². The van der Waals surface area contributed by atoms with Crippen LogP contribution >= 0.6 is 0 Å². The second-order valence-corrected chi connectivity index (χ2v) is 14.0. The first-order valence-corrected chi connectivity index (χ1v) is 13.6. The van der Waals surface area contributed by atoms with Crippen molar-refractivity contribution >= 4 is 0 Å². The third-order valence-electron chi connectivity index (χ3n) is 5.79. The van der Waals surface area contributed by atoms with Gasteiger partial charge in [0, 0.05) is 41.6 Å². The molecule has 4 rings (SSSR count). The minimum absolute atomic E-state index is 0. The molecule has 0 unspecified atom stereocenters. The van der Waals surface area contributed by atoms with Crippen molar-refractivity contribution in [2.75, 3.05) is 0 Å². The maximum Gasteiger partial charge on any atom is 2.00 e. The molecule has 0 radical (unpaired) electrons. The van der Waals surface area contributed by atoms with Crippen molar-refractivity contribution in [3.05, 3.63) is 59.4 Å². The normalized spacial score (nSPS) is 12.1. The maximum atomic E-state index is 4.41. The summed E-state index contributed by atoms with van der Waals surface area (Å²) in [4.78, 5) is 17.6. The standard InChI is InChI=1S/C16H23N4.C15H21N4.Pt/c1-15(2,3)8-11-9-17-14(18-10-11)12-7-13(20-19-12)16(4,5)6;1-10(2)12-6-13(19-18-12)14-16-8-11(9-17-14)7-15(3,4)5;/h7,9-10H,8H2,1-6H3;6,8-10H,7H2,1-5H3;/q2*-1;+2. The summed E-state index contributed by atoms with van der Waals surface area (Å²) < 4.78 is 0. The predicted molar refractivity (Wildman–Crippen MR) is 156 cm³/mol. The Bertz CT molecular complexity index is 1320. The van der Waals surface area contributed by atoms with E-state index in [2.05, 4.69) is 116 Å². The van der Waals surface area contributed by atoms with Gasteiger partial charge in [0.1, 0.15) is 11.6 Å². The van der Waals surface area contributed by atoms with Crippen LogP contribution in [0.15, 0.2) is 36.9 Å². The summed E-state index contributed by atoms with van der Waals surface area (Å²) in [5.74, 6) is 1.67. The molecular formula is C31H44N8Pt. The van der Waals surface area contributed by atoms with Gasteiger partial charge in [0.05, 0.1) is 0 Å². The van der Waals surface area contributed by atoms with E-state index in [4.69, 9.17) is 0 Å². The van der Waals surface area contributed by atoms with Gasteiger partial charge in [0.2, 0.25) is 0 Å². The molecule has 4 aromatic rings. The van der Waals surface area contributed by atoms with Crippen LogP contribution in [-0.2, 0) is 39.3 Å². The fraction of sp³-hybridized carbons (Fsp3) is 0.548. The number of aromatic nitrogens is 8. The molecule has 0 atom stereocenters. The van der Waals surface area contributed by atoms with Crippen molar-refractivity contribution in [1.29, 1.82) is 0 Å². The Labute approximate surface area is 254 Å². The molecule has 0 aliphatic carbocycles. The SMILES string of the molecule is CC(C)(C)Cc1cnc(-c2cc(C(C)(C)C)n[n-]2)nc1.CC(C)c1cc(-c2ncc(CC(C)(C)C)cn2)[n-]n1.[Pt+2]. The largest absolute Gasteiger partial charge is 2.00 e. The summed E-state index contributed by atoms with van der Waals surface area (Å²) in [5, 5.41) is 16.7. The maximum absolute atomic E-state index is 4.41. The molecule has 9 heteroatoms. The van der Waals surface area contributed by atoms with Crippen LogP contribution in [0.1, 0.15) is 105 Å². The topological polar surface area (TPSA) is 106 Å². The Kier molecular flexibility index (Phi) is 11.1. The first-order chi connectivity index (χ1) is 18.0. The molecule has 8 nitrogen and oxygen atoms in total.